The van der Waals surface area contributed by atoms with Crippen LogP contribution in [-0.2, 0) is 10.9 Å². The third-order valence-corrected chi connectivity index (χ3v) is 3.46. The number of hydrogen-bond donors (Lipinski definition) is 1. The third kappa shape index (κ3) is 7.05. The summed E-state index contributed by atoms with van der Waals surface area (Å²) in [7, 11) is 0. The van der Waals surface area contributed by atoms with Crippen LogP contribution < -0.4 is 9.47 Å². The first-order valence-electron chi connectivity index (χ1n) is 8.04. The fraction of sp³-hybridized carbons (Fsp3) is 0.211. The Morgan fingerprint density at radius 2 is 1.69 bits per heavy atom. The Morgan fingerprint density at radius 1 is 1.03 bits per heavy atom. The number of carboxylic acids is 1. The lowest BCUT2D eigenvalue weighted by atomic mass is 10.1. The number of carboxylic acid groups (broad SMARTS) is 1. The van der Waals surface area contributed by atoms with Crippen LogP contribution in [0.5, 0.6) is 11.5 Å². The van der Waals surface area contributed by atoms with Crippen molar-refractivity contribution >= 4 is 12.0 Å². The van der Waals surface area contributed by atoms with E-state index in [9.17, 15) is 31.1 Å². The van der Waals surface area contributed by atoms with E-state index in [2.05, 4.69) is 4.74 Å². The van der Waals surface area contributed by atoms with E-state index in [1.54, 1.807) is 0 Å². The highest BCUT2D eigenvalue weighted by Crippen LogP contribution is 2.34. The van der Waals surface area contributed by atoms with Crippen LogP contribution in [0.15, 0.2) is 48.5 Å². The molecule has 0 saturated heterocycles. The van der Waals surface area contributed by atoms with E-state index >= 15 is 0 Å². The van der Waals surface area contributed by atoms with E-state index in [1.807, 2.05) is 0 Å². The summed E-state index contributed by atoms with van der Waals surface area (Å²) in [4.78, 5) is 10.4. The van der Waals surface area contributed by atoms with Crippen molar-refractivity contribution in [2.24, 2.45) is 0 Å². The Morgan fingerprint density at radius 3 is 2.24 bits per heavy atom. The highest BCUT2D eigenvalue weighted by molar-refractivity contribution is 5.85. The summed E-state index contributed by atoms with van der Waals surface area (Å²) in [5.41, 5.74) is -0.270. The molecule has 29 heavy (non-hydrogen) atoms. The van der Waals surface area contributed by atoms with E-state index in [0.29, 0.717) is 11.6 Å². The van der Waals surface area contributed by atoms with Gasteiger partial charge in [0.25, 0.3) is 0 Å². The zero-order valence-corrected chi connectivity index (χ0v) is 14.6. The minimum atomic E-state index is -4.44. The Hall–Kier alpha value is -3.17. The number of hydrogen-bond acceptors (Lipinski definition) is 3. The van der Waals surface area contributed by atoms with Crippen molar-refractivity contribution in [2.75, 3.05) is 6.61 Å². The average Bonchev–Trinajstić information content (AvgIpc) is 2.61. The van der Waals surface area contributed by atoms with Crippen molar-refractivity contribution in [3.8, 4) is 11.5 Å². The van der Waals surface area contributed by atoms with Gasteiger partial charge in [-0.25, -0.2) is 9.18 Å². The van der Waals surface area contributed by atoms with Gasteiger partial charge in [0.1, 0.15) is 5.75 Å². The molecule has 0 aliphatic heterocycles. The maximum Gasteiger partial charge on any atom is 0.426 e. The summed E-state index contributed by atoms with van der Waals surface area (Å²) in [6, 6.07) is 6.87. The molecule has 0 atom stereocenters. The van der Waals surface area contributed by atoms with Gasteiger partial charge in [0.2, 0.25) is 0 Å². The van der Waals surface area contributed by atoms with Crippen molar-refractivity contribution in [2.45, 2.75) is 18.7 Å². The Labute approximate surface area is 161 Å². The summed E-state index contributed by atoms with van der Waals surface area (Å²) in [5.74, 6) is -3.54. The number of alkyl halides is 5. The van der Waals surface area contributed by atoms with Gasteiger partial charge >= 0.3 is 18.3 Å². The molecule has 0 amide bonds. The van der Waals surface area contributed by atoms with E-state index in [-0.39, 0.29) is 5.75 Å². The number of aliphatic carboxylic acids is 1. The van der Waals surface area contributed by atoms with Crippen LogP contribution in [-0.4, -0.2) is 23.9 Å². The quantitative estimate of drug-likeness (QED) is 0.460. The third-order valence-electron chi connectivity index (χ3n) is 3.46. The molecule has 1 N–H and O–H groups in total. The van der Waals surface area contributed by atoms with E-state index in [4.69, 9.17) is 9.84 Å². The number of ether oxygens (including phenoxy) is 2. The predicted molar refractivity (Wildman–Crippen MR) is 90.2 cm³/mol. The molecular weight excluding hydrogens is 406 g/mol. The monoisotopic (exact) mass is 420 g/mol. The molecule has 2 rings (SSSR count). The molecule has 0 saturated carbocycles. The molecular formula is C19H14F6O4. The van der Waals surface area contributed by atoms with Gasteiger partial charge < -0.3 is 14.6 Å². The second kappa shape index (κ2) is 8.89. The zero-order valence-electron chi connectivity index (χ0n) is 14.6. The van der Waals surface area contributed by atoms with Gasteiger partial charge in [0.15, 0.2) is 11.6 Å². The van der Waals surface area contributed by atoms with Gasteiger partial charge in [-0.05, 0) is 35.9 Å². The molecule has 0 spiro atoms. The topological polar surface area (TPSA) is 55.8 Å². The van der Waals surface area contributed by atoms with Gasteiger partial charge in [-0.1, -0.05) is 12.1 Å². The van der Waals surface area contributed by atoms with Crippen LogP contribution in [0.4, 0.5) is 26.3 Å². The van der Waals surface area contributed by atoms with E-state index in [1.165, 1.54) is 18.2 Å². The summed E-state index contributed by atoms with van der Waals surface area (Å²) < 4.78 is 87.8. The summed E-state index contributed by atoms with van der Waals surface area (Å²) >= 11 is 0. The van der Waals surface area contributed by atoms with Crippen molar-refractivity contribution in [1.29, 1.82) is 0 Å². The van der Waals surface area contributed by atoms with E-state index < -0.39 is 48.4 Å². The van der Waals surface area contributed by atoms with Crippen LogP contribution in [0, 0.1) is 5.82 Å². The highest BCUT2D eigenvalue weighted by Gasteiger charge is 2.35. The van der Waals surface area contributed by atoms with Crippen molar-refractivity contribution in [3.63, 3.8) is 0 Å². The predicted octanol–water partition coefficient (Wildman–Crippen LogP) is 5.38. The van der Waals surface area contributed by atoms with Gasteiger partial charge in [-0.15, -0.1) is 0 Å². The lowest BCUT2D eigenvalue weighted by Gasteiger charge is -2.19. The molecule has 10 heteroatoms. The molecule has 4 nitrogen and oxygen atoms in total. The van der Waals surface area contributed by atoms with Crippen molar-refractivity contribution < 1.29 is 45.7 Å². The SMILES string of the molecule is O=C(O)/C=C/c1ccc(C(F)(F)Oc2ccc(OCCC(F)(F)F)cc2F)cc1. The summed E-state index contributed by atoms with van der Waals surface area (Å²) in [5, 5.41) is 8.53. The first-order valence-corrected chi connectivity index (χ1v) is 8.04. The fourth-order valence-corrected chi connectivity index (χ4v) is 2.09. The second-order valence-corrected chi connectivity index (χ2v) is 5.72. The largest absolute Gasteiger partial charge is 0.493 e. The van der Waals surface area contributed by atoms with Crippen LogP contribution in [0.2, 0.25) is 0 Å². The maximum atomic E-state index is 14.2. The maximum absolute atomic E-state index is 14.2. The molecule has 0 unspecified atom stereocenters. The molecule has 0 fully saturated rings. The number of benzene rings is 2. The number of halogens is 6. The summed E-state index contributed by atoms with van der Waals surface area (Å²) in [6.45, 7) is -0.748. The Balaban J connectivity index is 2.06. The molecule has 156 valence electrons. The van der Waals surface area contributed by atoms with Gasteiger partial charge in [0.05, 0.1) is 18.6 Å². The minimum Gasteiger partial charge on any atom is -0.493 e. The van der Waals surface area contributed by atoms with Gasteiger partial charge in [0, 0.05) is 12.1 Å². The zero-order chi connectivity index (χ0) is 21.7. The van der Waals surface area contributed by atoms with Gasteiger partial charge in [-0.2, -0.15) is 22.0 Å². The van der Waals surface area contributed by atoms with Gasteiger partial charge in [-0.3, -0.25) is 0 Å². The van der Waals surface area contributed by atoms with Crippen molar-refractivity contribution in [3.05, 3.63) is 65.5 Å². The van der Waals surface area contributed by atoms with E-state index in [0.717, 1.165) is 30.3 Å². The average molecular weight is 420 g/mol. The standard InChI is InChI=1S/C19H14F6O4/c20-15-11-14(28-10-9-18(21,22)23)6-7-16(15)29-19(24,25)13-4-1-12(2-5-13)3-8-17(26)27/h1-8,11H,9-10H2,(H,26,27)/b8-3+. The van der Waals surface area contributed by atoms with Crippen molar-refractivity contribution in [1.82, 2.24) is 0 Å². The van der Waals surface area contributed by atoms with Crippen LogP contribution >= 0.6 is 0 Å². The molecule has 0 aliphatic carbocycles. The van der Waals surface area contributed by atoms with Crippen LogP contribution in [0.3, 0.4) is 0 Å². The molecule has 0 radical (unpaired) electrons. The molecule has 0 aliphatic rings. The highest BCUT2D eigenvalue weighted by atomic mass is 19.4. The smallest absolute Gasteiger partial charge is 0.426 e. The minimum absolute atomic E-state index is 0.267. The Kier molecular flexibility index (Phi) is 6.78. The number of rotatable bonds is 8. The fourth-order valence-electron chi connectivity index (χ4n) is 2.09. The number of carbonyl (C=O) groups is 1. The normalized spacial score (nSPS) is 12.2. The Bertz CT molecular complexity index is 875. The van der Waals surface area contributed by atoms with Crippen LogP contribution in [0.1, 0.15) is 17.5 Å². The lowest BCUT2D eigenvalue weighted by molar-refractivity contribution is -0.187. The first kappa shape index (κ1) is 22.1. The first-order chi connectivity index (χ1) is 13.5. The van der Waals surface area contributed by atoms with Crippen LogP contribution in [0.25, 0.3) is 6.08 Å². The second-order valence-electron chi connectivity index (χ2n) is 5.72. The molecule has 0 heterocycles. The molecule has 2 aromatic carbocycles. The molecule has 0 aromatic heterocycles. The summed E-state index contributed by atoms with van der Waals surface area (Å²) in [6.07, 6.45) is -7.58. The lowest BCUT2D eigenvalue weighted by Crippen LogP contribution is -2.22. The molecule has 2 aromatic rings. The molecule has 0 bridgehead atoms.